The molecule has 0 spiro atoms. The van der Waals surface area contributed by atoms with Gasteiger partial charge in [-0.2, -0.15) is 5.10 Å². The van der Waals surface area contributed by atoms with Crippen molar-refractivity contribution in [1.82, 2.24) is 24.6 Å². The summed E-state index contributed by atoms with van der Waals surface area (Å²) in [5.41, 5.74) is 1.36. The molecule has 1 N–H and O–H groups in total. The number of ether oxygens (including phenoxy) is 1. The first kappa shape index (κ1) is 17.9. The number of alkyl carbamates (subject to hydrolysis) is 1. The van der Waals surface area contributed by atoms with Crippen LogP contribution in [0, 0.1) is 5.82 Å². The van der Waals surface area contributed by atoms with Crippen LogP contribution in [0.3, 0.4) is 0 Å². The van der Waals surface area contributed by atoms with Crippen LogP contribution < -0.4 is 5.32 Å². The summed E-state index contributed by atoms with van der Waals surface area (Å²) in [6.45, 7) is 7.19. The van der Waals surface area contributed by atoms with Crippen molar-refractivity contribution in [1.29, 1.82) is 0 Å². The first-order valence-electron chi connectivity index (χ1n) is 8.30. The topological polar surface area (TPSA) is 74.0 Å². The third-order valence-electron chi connectivity index (χ3n) is 3.71. The number of carbonyl (C=O) groups excluding carboxylic acids is 1. The summed E-state index contributed by atoms with van der Waals surface area (Å²) >= 11 is 0. The summed E-state index contributed by atoms with van der Waals surface area (Å²) in [6, 6.07) is 3.93. The van der Waals surface area contributed by atoms with E-state index in [1.165, 1.54) is 12.1 Å². The van der Waals surface area contributed by atoms with Gasteiger partial charge in [-0.05, 0) is 39.8 Å². The Labute approximate surface area is 150 Å². The molecular weight excluding hydrogens is 337 g/mol. The van der Waals surface area contributed by atoms with E-state index in [2.05, 4.69) is 15.4 Å². The fourth-order valence-corrected chi connectivity index (χ4v) is 2.70. The van der Waals surface area contributed by atoms with E-state index >= 15 is 0 Å². The van der Waals surface area contributed by atoms with Gasteiger partial charge in [0.1, 0.15) is 17.2 Å². The summed E-state index contributed by atoms with van der Waals surface area (Å²) in [5.74, 6) is 0.200. The molecule has 0 fully saturated rings. The second kappa shape index (κ2) is 6.44. The maximum atomic E-state index is 13.8. The molecule has 0 saturated carbocycles. The number of rotatable bonds is 3. The van der Waals surface area contributed by atoms with Gasteiger partial charge < -0.3 is 10.1 Å². The number of imidazole rings is 1. The molecule has 8 heteroatoms. The molecule has 0 aliphatic rings. The Bertz CT molecular complexity index is 954. The first-order valence-corrected chi connectivity index (χ1v) is 8.30. The zero-order valence-electron chi connectivity index (χ0n) is 15.4. The SMILES string of the molecule is CC(NC(=O)OC(C)(C)C)c1nc2ccc(F)cc2n1-c1cnn(C)c1. The highest BCUT2D eigenvalue weighted by molar-refractivity contribution is 5.78. The van der Waals surface area contributed by atoms with Crippen LogP contribution in [-0.2, 0) is 11.8 Å². The molecule has 1 unspecified atom stereocenters. The van der Waals surface area contributed by atoms with E-state index in [9.17, 15) is 9.18 Å². The molecule has 1 atom stereocenters. The lowest BCUT2D eigenvalue weighted by atomic mass is 10.2. The third kappa shape index (κ3) is 3.68. The van der Waals surface area contributed by atoms with Gasteiger partial charge in [0.25, 0.3) is 0 Å². The van der Waals surface area contributed by atoms with E-state index in [4.69, 9.17) is 4.74 Å². The highest BCUT2D eigenvalue weighted by Crippen LogP contribution is 2.26. The van der Waals surface area contributed by atoms with Gasteiger partial charge in [0.2, 0.25) is 0 Å². The number of aryl methyl sites for hydroxylation is 1. The Morgan fingerprint density at radius 2 is 2.08 bits per heavy atom. The van der Waals surface area contributed by atoms with Crippen molar-refractivity contribution in [2.24, 2.45) is 7.05 Å². The zero-order chi connectivity index (χ0) is 19.1. The van der Waals surface area contributed by atoms with Crippen LogP contribution in [0.25, 0.3) is 16.7 Å². The molecule has 0 bridgehead atoms. The molecule has 0 radical (unpaired) electrons. The number of hydrogen-bond donors (Lipinski definition) is 1. The maximum Gasteiger partial charge on any atom is 0.408 e. The summed E-state index contributed by atoms with van der Waals surface area (Å²) in [7, 11) is 1.80. The van der Waals surface area contributed by atoms with Crippen LogP contribution >= 0.6 is 0 Å². The number of aromatic nitrogens is 4. The number of nitrogens with one attached hydrogen (secondary N) is 1. The van der Waals surface area contributed by atoms with Crippen molar-refractivity contribution in [3.05, 3.63) is 42.2 Å². The molecule has 3 rings (SSSR count). The molecule has 2 heterocycles. The standard InChI is InChI=1S/C18H22FN5O2/c1-11(21-17(25)26-18(2,3)4)16-22-14-7-6-12(19)8-15(14)24(16)13-9-20-23(5)10-13/h6-11H,1-5H3,(H,21,25). The van der Waals surface area contributed by atoms with Crippen molar-refractivity contribution >= 4 is 17.1 Å². The highest BCUT2D eigenvalue weighted by atomic mass is 19.1. The van der Waals surface area contributed by atoms with Crippen LogP contribution in [-0.4, -0.2) is 31.0 Å². The minimum absolute atomic E-state index is 0.359. The first-order chi connectivity index (χ1) is 12.1. The molecule has 3 aromatic rings. The quantitative estimate of drug-likeness (QED) is 0.777. The van der Waals surface area contributed by atoms with E-state index < -0.39 is 17.7 Å². The van der Waals surface area contributed by atoms with Crippen LogP contribution in [0.5, 0.6) is 0 Å². The van der Waals surface area contributed by atoms with Gasteiger partial charge in [0.05, 0.1) is 29.0 Å². The molecule has 7 nitrogen and oxygen atoms in total. The second-order valence-corrected chi connectivity index (χ2v) is 7.18. The van der Waals surface area contributed by atoms with E-state index in [1.54, 1.807) is 62.5 Å². The van der Waals surface area contributed by atoms with Crippen molar-refractivity contribution < 1.29 is 13.9 Å². The molecule has 0 aliphatic carbocycles. The fourth-order valence-electron chi connectivity index (χ4n) is 2.70. The number of carbonyl (C=O) groups is 1. The maximum absolute atomic E-state index is 13.8. The second-order valence-electron chi connectivity index (χ2n) is 7.18. The Kier molecular flexibility index (Phi) is 4.43. The molecule has 0 aliphatic heterocycles. The van der Waals surface area contributed by atoms with Crippen LogP contribution in [0.1, 0.15) is 39.6 Å². The van der Waals surface area contributed by atoms with Crippen LogP contribution in [0.4, 0.5) is 9.18 Å². The van der Waals surface area contributed by atoms with E-state index in [-0.39, 0.29) is 5.82 Å². The molecule has 138 valence electrons. The van der Waals surface area contributed by atoms with E-state index in [1.807, 2.05) is 0 Å². The molecule has 2 aromatic heterocycles. The number of hydrogen-bond acceptors (Lipinski definition) is 4. The highest BCUT2D eigenvalue weighted by Gasteiger charge is 2.23. The van der Waals surface area contributed by atoms with Gasteiger partial charge in [0.15, 0.2) is 0 Å². The fraction of sp³-hybridized carbons (Fsp3) is 0.389. The summed E-state index contributed by atoms with van der Waals surface area (Å²) in [6.07, 6.45) is 2.92. The lowest BCUT2D eigenvalue weighted by molar-refractivity contribution is 0.0505. The molecule has 0 saturated heterocycles. The van der Waals surface area contributed by atoms with Gasteiger partial charge in [-0.25, -0.2) is 14.2 Å². The predicted octanol–water partition coefficient (Wildman–Crippen LogP) is 3.48. The van der Waals surface area contributed by atoms with Gasteiger partial charge in [-0.3, -0.25) is 9.25 Å². The number of nitrogens with zero attached hydrogens (tertiary/aromatic N) is 4. The Hall–Kier alpha value is -2.90. The number of halogens is 1. The van der Waals surface area contributed by atoms with E-state index in [0.717, 1.165) is 5.69 Å². The number of amides is 1. The summed E-state index contributed by atoms with van der Waals surface area (Å²) in [4.78, 5) is 16.7. The Morgan fingerprint density at radius 1 is 1.35 bits per heavy atom. The molecule has 1 amide bonds. The smallest absolute Gasteiger partial charge is 0.408 e. The van der Waals surface area contributed by atoms with Gasteiger partial charge in [-0.15, -0.1) is 0 Å². The Morgan fingerprint density at radius 3 is 2.69 bits per heavy atom. The lowest BCUT2D eigenvalue weighted by Gasteiger charge is -2.22. The largest absolute Gasteiger partial charge is 0.444 e. The van der Waals surface area contributed by atoms with Crippen LogP contribution in [0.2, 0.25) is 0 Å². The van der Waals surface area contributed by atoms with Crippen LogP contribution in [0.15, 0.2) is 30.6 Å². The molecule has 1 aromatic carbocycles. The van der Waals surface area contributed by atoms with Gasteiger partial charge >= 0.3 is 6.09 Å². The minimum atomic E-state index is -0.601. The molecular formula is C18H22FN5O2. The average Bonchev–Trinajstić information content (AvgIpc) is 3.08. The van der Waals surface area contributed by atoms with Crippen molar-refractivity contribution in [3.8, 4) is 5.69 Å². The minimum Gasteiger partial charge on any atom is -0.444 e. The molecule has 26 heavy (non-hydrogen) atoms. The number of benzene rings is 1. The van der Waals surface area contributed by atoms with Crippen molar-refractivity contribution in [2.75, 3.05) is 0 Å². The normalized spacial score (nSPS) is 13.0. The summed E-state index contributed by atoms with van der Waals surface area (Å²) in [5, 5.41) is 6.95. The predicted molar refractivity (Wildman–Crippen MR) is 95.6 cm³/mol. The third-order valence-corrected chi connectivity index (χ3v) is 3.71. The monoisotopic (exact) mass is 359 g/mol. The van der Waals surface area contributed by atoms with Gasteiger partial charge in [0, 0.05) is 19.3 Å². The van der Waals surface area contributed by atoms with E-state index in [0.29, 0.717) is 16.9 Å². The summed E-state index contributed by atoms with van der Waals surface area (Å²) < 4.78 is 22.5. The average molecular weight is 359 g/mol. The zero-order valence-corrected chi connectivity index (χ0v) is 15.4. The Balaban J connectivity index is 2.03. The van der Waals surface area contributed by atoms with Crippen molar-refractivity contribution in [2.45, 2.75) is 39.3 Å². The number of fused-ring (bicyclic) bond motifs is 1. The van der Waals surface area contributed by atoms with Gasteiger partial charge in [-0.1, -0.05) is 0 Å². The van der Waals surface area contributed by atoms with Crippen molar-refractivity contribution in [3.63, 3.8) is 0 Å². The lowest BCUT2D eigenvalue weighted by Crippen LogP contribution is -2.34.